The van der Waals surface area contributed by atoms with Gasteiger partial charge in [-0.05, 0) is 83.8 Å². The fourth-order valence-electron chi connectivity index (χ4n) is 3.77. The van der Waals surface area contributed by atoms with Crippen LogP contribution in [0.3, 0.4) is 0 Å². The molecule has 3 aromatic rings. The van der Waals surface area contributed by atoms with Gasteiger partial charge < -0.3 is 9.80 Å². The van der Waals surface area contributed by atoms with E-state index in [-0.39, 0.29) is 5.91 Å². The molecule has 0 radical (unpaired) electrons. The Hall–Kier alpha value is -3.04. The number of amides is 1. The zero-order chi connectivity index (χ0) is 21.1. The lowest BCUT2D eigenvalue weighted by atomic mass is 9.98. The molecule has 0 saturated heterocycles. The van der Waals surface area contributed by atoms with Gasteiger partial charge in [0.25, 0.3) is 5.91 Å². The maximum atomic E-state index is 13.2. The highest BCUT2D eigenvalue weighted by molar-refractivity contribution is 6.30. The number of carbonyl (C=O) groups is 1. The fourth-order valence-corrected chi connectivity index (χ4v) is 3.90. The van der Waals surface area contributed by atoms with Gasteiger partial charge in [-0.25, -0.2) is 0 Å². The Morgan fingerprint density at radius 3 is 2.30 bits per heavy atom. The molecule has 152 valence electrons. The molecule has 0 spiro atoms. The largest absolute Gasteiger partial charge is 0.383 e. The van der Waals surface area contributed by atoms with E-state index < -0.39 is 0 Å². The number of halogens is 1. The second kappa shape index (κ2) is 8.76. The van der Waals surface area contributed by atoms with Crippen molar-refractivity contribution < 1.29 is 4.79 Å². The normalized spacial score (nSPS) is 13.4. The molecular weight excluding hydrogens is 392 g/mol. The predicted octanol–water partition coefficient (Wildman–Crippen LogP) is 6.13. The summed E-state index contributed by atoms with van der Waals surface area (Å²) in [6, 6.07) is 21.9. The van der Waals surface area contributed by atoms with Gasteiger partial charge in [0.2, 0.25) is 0 Å². The summed E-state index contributed by atoms with van der Waals surface area (Å²) in [6.45, 7) is 0.748. The highest BCUT2D eigenvalue weighted by atomic mass is 35.5. The first kappa shape index (κ1) is 20.2. The first-order valence-corrected chi connectivity index (χ1v) is 10.5. The van der Waals surface area contributed by atoms with Crippen LogP contribution in [0.15, 0.2) is 72.9 Å². The number of aryl methyl sites for hydroxylation is 1. The Kier molecular flexibility index (Phi) is 5.91. The summed E-state index contributed by atoms with van der Waals surface area (Å²) < 4.78 is 0. The number of hydrogen-bond acceptors (Lipinski definition) is 2. The van der Waals surface area contributed by atoms with E-state index in [1.54, 1.807) is 0 Å². The predicted molar refractivity (Wildman–Crippen MR) is 126 cm³/mol. The summed E-state index contributed by atoms with van der Waals surface area (Å²) in [5.74, 6) is 0.0511. The van der Waals surface area contributed by atoms with Crippen molar-refractivity contribution in [1.82, 2.24) is 4.90 Å². The summed E-state index contributed by atoms with van der Waals surface area (Å²) in [4.78, 5) is 17.2. The fraction of sp³-hybridized carbons (Fsp3) is 0.192. The van der Waals surface area contributed by atoms with E-state index >= 15 is 0 Å². The number of rotatable bonds is 4. The average molecular weight is 417 g/mol. The van der Waals surface area contributed by atoms with Gasteiger partial charge in [0.1, 0.15) is 0 Å². The molecule has 0 N–H and O–H groups in total. The lowest BCUT2D eigenvalue weighted by molar-refractivity contribution is 0.0985. The van der Waals surface area contributed by atoms with Crippen LogP contribution in [0.2, 0.25) is 5.02 Å². The third-order valence-corrected chi connectivity index (χ3v) is 5.59. The summed E-state index contributed by atoms with van der Waals surface area (Å²) >= 11 is 5.98. The summed E-state index contributed by atoms with van der Waals surface area (Å²) in [5.41, 5.74) is 6.27. The quantitative estimate of drug-likeness (QED) is 0.510. The van der Waals surface area contributed by atoms with E-state index in [1.165, 1.54) is 5.56 Å². The van der Waals surface area contributed by atoms with Crippen molar-refractivity contribution >= 4 is 29.3 Å². The minimum absolute atomic E-state index is 0.0511. The molecule has 0 fully saturated rings. The van der Waals surface area contributed by atoms with Gasteiger partial charge in [-0.15, -0.1) is 0 Å². The first-order chi connectivity index (χ1) is 14.5. The van der Waals surface area contributed by atoms with Gasteiger partial charge in [0, 0.05) is 36.9 Å². The second-order valence-corrected chi connectivity index (χ2v) is 8.25. The minimum atomic E-state index is 0.0511. The van der Waals surface area contributed by atoms with E-state index in [0.717, 1.165) is 46.8 Å². The average Bonchev–Trinajstić information content (AvgIpc) is 2.77. The van der Waals surface area contributed by atoms with Crippen LogP contribution < -0.4 is 4.90 Å². The molecule has 0 aliphatic carbocycles. The lowest BCUT2D eigenvalue weighted by Gasteiger charge is -2.30. The molecule has 0 saturated carbocycles. The standard InChI is InChI=1S/C26H25ClN2O/c1-28(2)17-15-19-5-14-25-23(18-19)4-3-16-29(25)26(30)22-8-6-20(7-9-22)21-10-12-24(27)13-11-21/h5-15,17-18H,3-4,16H2,1-2H3/b17-15+. The smallest absolute Gasteiger partial charge is 0.258 e. The summed E-state index contributed by atoms with van der Waals surface area (Å²) in [7, 11) is 4.01. The third kappa shape index (κ3) is 4.42. The molecule has 1 aliphatic heterocycles. The second-order valence-electron chi connectivity index (χ2n) is 7.81. The van der Waals surface area contributed by atoms with Gasteiger partial charge in [-0.2, -0.15) is 0 Å². The summed E-state index contributed by atoms with van der Waals surface area (Å²) in [5, 5.41) is 0.717. The summed E-state index contributed by atoms with van der Waals surface area (Å²) in [6.07, 6.45) is 6.10. The Morgan fingerprint density at radius 1 is 0.967 bits per heavy atom. The monoisotopic (exact) mass is 416 g/mol. The molecule has 0 bridgehead atoms. The van der Waals surface area contributed by atoms with Gasteiger partial charge in [-0.1, -0.05) is 41.9 Å². The third-order valence-electron chi connectivity index (χ3n) is 5.34. The maximum absolute atomic E-state index is 13.2. The number of benzene rings is 3. The van der Waals surface area contributed by atoms with Gasteiger partial charge >= 0.3 is 0 Å². The van der Waals surface area contributed by atoms with Crippen molar-refractivity contribution in [2.24, 2.45) is 0 Å². The van der Waals surface area contributed by atoms with Crippen LogP contribution in [-0.4, -0.2) is 31.4 Å². The van der Waals surface area contributed by atoms with E-state index in [9.17, 15) is 4.79 Å². The molecule has 0 atom stereocenters. The highest BCUT2D eigenvalue weighted by Gasteiger charge is 2.23. The topological polar surface area (TPSA) is 23.6 Å². The number of hydrogen-bond donors (Lipinski definition) is 0. The molecule has 3 aromatic carbocycles. The Balaban J connectivity index is 1.56. The van der Waals surface area contributed by atoms with Gasteiger partial charge in [0.15, 0.2) is 0 Å². The SMILES string of the molecule is CN(C)/C=C/c1ccc2c(c1)CCCN2C(=O)c1ccc(-c2ccc(Cl)cc2)cc1. The van der Waals surface area contributed by atoms with Crippen molar-refractivity contribution in [2.45, 2.75) is 12.8 Å². The van der Waals surface area contributed by atoms with E-state index in [1.807, 2.05) is 78.6 Å². The van der Waals surface area contributed by atoms with Crippen LogP contribution in [0.4, 0.5) is 5.69 Å². The molecule has 1 aliphatic rings. The van der Waals surface area contributed by atoms with Crippen molar-refractivity contribution in [3.63, 3.8) is 0 Å². The van der Waals surface area contributed by atoms with Crippen LogP contribution in [0.5, 0.6) is 0 Å². The first-order valence-electron chi connectivity index (χ1n) is 10.2. The molecule has 1 heterocycles. The zero-order valence-electron chi connectivity index (χ0n) is 17.3. The van der Waals surface area contributed by atoms with Crippen LogP contribution in [-0.2, 0) is 6.42 Å². The molecule has 4 rings (SSSR count). The van der Waals surface area contributed by atoms with Crippen molar-refractivity contribution in [3.8, 4) is 11.1 Å². The Labute approximate surface area is 183 Å². The van der Waals surface area contributed by atoms with Crippen molar-refractivity contribution in [3.05, 3.63) is 94.6 Å². The maximum Gasteiger partial charge on any atom is 0.258 e. The number of fused-ring (bicyclic) bond motifs is 1. The van der Waals surface area contributed by atoms with Crippen LogP contribution in [0.25, 0.3) is 17.2 Å². The number of nitrogens with zero attached hydrogens (tertiary/aromatic N) is 2. The molecule has 30 heavy (non-hydrogen) atoms. The molecule has 3 nitrogen and oxygen atoms in total. The van der Waals surface area contributed by atoms with Crippen LogP contribution in [0, 0.1) is 0 Å². The van der Waals surface area contributed by atoms with Crippen LogP contribution >= 0.6 is 11.6 Å². The minimum Gasteiger partial charge on any atom is -0.383 e. The molecule has 1 amide bonds. The molecule has 4 heteroatoms. The van der Waals surface area contributed by atoms with E-state index in [4.69, 9.17) is 11.6 Å². The molecule has 0 unspecified atom stereocenters. The zero-order valence-corrected chi connectivity index (χ0v) is 18.1. The lowest BCUT2D eigenvalue weighted by Crippen LogP contribution is -2.35. The number of carbonyl (C=O) groups excluding carboxylic acids is 1. The Bertz CT molecular complexity index is 1070. The molecule has 0 aromatic heterocycles. The highest BCUT2D eigenvalue weighted by Crippen LogP contribution is 2.30. The number of anilines is 1. The van der Waals surface area contributed by atoms with Gasteiger partial charge in [0.05, 0.1) is 0 Å². The van der Waals surface area contributed by atoms with E-state index in [2.05, 4.69) is 24.3 Å². The van der Waals surface area contributed by atoms with Crippen molar-refractivity contribution in [1.29, 1.82) is 0 Å². The van der Waals surface area contributed by atoms with Crippen molar-refractivity contribution in [2.75, 3.05) is 25.5 Å². The molecular formula is C26H25ClN2O. The van der Waals surface area contributed by atoms with Gasteiger partial charge in [-0.3, -0.25) is 4.79 Å². The van der Waals surface area contributed by atoms with Crippen LogP contribution in [0.1, 0.15) is 27.9 Å². The Morgan fingerprint density at radius 2 is 1.63 bits per heavy atom. The van der Waals surface area contributed by atoms with E-state index in [0.29, 0.717) is 5.56 Å².